The number of methoxy groups -OCH3 is 1. The molecule has 3 nitrogen and oxygen atoms in total. The Balaban J connectivity index is 3.16. The molecule has 0 atom stereocenters. The summed E-state index contributed by atoms with van der Waals surface area (Å²) in [5, 5.41) is 8.58. The first-order chi connectivity index (χ1) is 8.25. The van der Waals surface area contributed by atoms with Crippen LogP contribution < -0.4 is 4.74 Å². The molecule has 1 N–H and O–H groups in total. The zero-order chi connectivity index (χ0) is 13.9. The second kappa shape index (κ2) is 5.60. The number of benzene rings is 1. The molecule has 0 spiro atoms. The van der Waals surface area contributed by atoms with Crippen LogP contribution in [0.3, 0.4) is 0 Å². The maximum atomic E-state index is 12.6. The fourth-order valence-electron chi connectivity index (χ4n) is 1.43. The highest BCUT2D eigenvalue weighted by Crippen LogP contribution is 2.37. The van der Waals surface area contributed by atoms with Gasteiger partial charge in [0.2, 0.25) is 0 Å². The number of hydrogen-bond acceptors (Lipinski definition) is 2. The third-order valence-corrected chi connectivity index (χ3v) is 3.00. The first-order valence-corrected chi connectivity index (χ1v) is 5.70. The van der Waals surface area contributed by atoms with Crippen LogP contribution in [0.2, 0.25) is 0 Å². The second-order valence-corrected chi connectivity index (χ2v) is 4.38. The lowest BCUT2D eigenvalue weighted by molar-refractivity contribution is -0.138. The SMILES string of the molecule is COc1cc(C(F)(F)F)cc(Br)c1CCC(=O)O. The minimum atomic E-state index is -4.47. The molecule has 0 saturated heterocycles. The van der Waals surface area contributed by atoms with E-state index in [1.807, 2.05) is 0 Å². The van der Waals surface area contributed by atoms with Crippen LogP contribution >= 0.6 is 15.9 Å². The van der Waals surface area contributed by atoms with Crippen molar-refractivity contribution >= 4 is 21.9 Å². The van der Waals surface area contributed by atoms with Crippen LogP contribution in [-0.4, -0.2) is 18.2 Å². The maximum absolute atomic E-state index is 12.6. The zero-order valence-corrected chi connectivity index (χ0v) is 10.9. The number of carboxylic acid groups (broad SMARTS) is 1. The summed E-state index contributed by atoms with van der Waals surface area (Å²) in [6.45, 7) is 0. The van der Waals surface area contributed by atoms with Crippen LogP contribution in [0.1, 0.15) is 17.5 Å². The van der Waals surface area contributed by atoms with Gasteiger partial charge in [-0.3, -0.25) is 4.79 Å². The van der Waals surface area contributed by atoms with E-state index in [4.69, 9.17) is 9.84 Å². The van der Waals surface area contributed by atoms with Gasteiger partial charge >= 0.3 is 12.1 Å². The van der Waals surface area contributed by atoms with E-state index in [9.17, 15) is 18.0 Å². The van der Waals surface area contributed by atoms with Crippen molar-refractivity contribution < 1.29 is 27.8 Å². The summed E-state index contributed by atoms with van der Waals surface area (Å²) in [6.07, 6.45) is -4.56. The molecule has 1 aromatic carbocycles. The Kier molecular flexibility index (Phi) is 4.61. The van der Waals surface area contributed by atoms with Gasteiger partial charge in [0.1, 0.15) is 5.75 Å². The lowest BCUT2D eigenvalue weighted by Gasteiger charge is -2.14. The van der Waals surface area contributed by atoms with Gasteiger partial charge in [0.25, 0.3) is 0 Å². The third kappa shape index (κ3) is 3.63. The number of alkyl halides is 3. The minimum Gasteiger partial charge on any atom is -0.496 e. The summed E-state index contributed by atoms with van der Waals surface area (Å²) in [4.78, 5) is 10.5. The van der Waals surface area contributed by atoms with Crippen molar-refractivity contribution in [3.8, 4) is 5.75 Å². The molecule has 0 aromatic heterocycles. The van der Waals surface area contributed by atoms with E-state index in [1.165, 1.54) is 7.11 Å². The molecule has 18 heavy (non-hydrogen) atoms. The summed E-state index contributed by atoms with van der Waals surface area (Å²) in [7, 11) is 1.24. The highest BCUT2D eigenvalue weighted by Gasteiger charge is 2.32. The molecule has 0 heterocycles. The molecule has 100 valence electrons. The average Bonchev–Trinajstić information content (AvgIpc) is 2.24. The topological polar surface area (TPSA) is 46.5 Å². The number of carboxylic acids is 1. The largest absolute Gasteiger partial charge is 0.496 e. The van der Waals surface area contributed by atoms with Crippen molar-refractivity contribution in [2.45, 2.75) is 19.0 Å². The second-order valence-electron chi connectivity index (χ2n) is 3.53. The number of carbonyl (C=O) groups is 1. The number of hydrogen-bond donors (Lipinski definition) is 1. The fraction of sp³-hybridized carbons (Fsp3) is 0.364. The van der Waals surface area contributed by atoms with Gasteiger partial charge in [0.05, 0.1) is 12.7 Å². The van der Waals surface area contributed by atoms with E-state index < -0.39 is 17.7 Å². The Morgan fingerprint density at radius 1 is 1.44 bits per heavy atom. The summed E-state index contributed by atoms with van der Waals surface area (Å²) >= 11 is 3.01. The molecule has 0 amide bonds. The van der Waals surface area contributed by atoms with Gasteiger partial charge in [0.15, 0.2) is 0 Å². The summed E-state index contributed by atoms with van der Waals surface area (Å²) < 4.78 is 42.7. The van der Waals surface area contributed by atoms with Crippen molar-refractivity contribution in [2.24, 2.45) is 0 Å². The Labute approximate surface area is 110 Å². The van der Waals surface area contributed by atoms with Crippen LogP contribution in [0.15, 0.2) is 16.6 Å². The number of ether oxygens (including phenoxy) is 1. The third-order valence-electron chi connectivity index (χ3n) is 2.29. The monoisotopic (exact) mass is 326 g/mol. The zero-order valence-electron chi connectivity index (χ0n) is 9.34. The molecule has 0 aliphatic heterocycles. The van der Waals surface area contributed by atoms with Crippen molar-refractivity contribution in [1.29, 1.82) is 0 Å². The summed E-state index contributed by atoms with van der Waals surface area (Å²) in [5.74, 6) is -0.998. The average molecular weight is 327 g/mol. The Morgan fingerprint density at radius 2 is 2.06 bits per heavy atom. The van der Waals surface area contributed by atoms with Gasteiger partial charge in [0, 0.05) is 16.5 Å². The molecule has 0 aliphatic rings. The fourth-order valence-corrected chi connectivity index (χ4v) is 2.07. The lowest BCUT2D eigenvalue weighted by Crippen LogP contribution is -2.07. The molecule has 0 aliphatic carbocycles. The predicted octanol–water partition coefficient (Wildman–Crippen LogP) is 3.49. The van der Waals surface area contributed by atoms with Crippen molar-refractivity contribution in [2.75, 3.05) is 7.11 Å². The first-order valence-electron chi connectivity index (χ1n) is 4.91. The Morgan fingerprint density at radius 3 is 2.50 bits per heavy atom. The molecular formula is C11H10BrF3O3. The van der Waals surface area contributed by atoms with Crippen LogP contribution in [0.25, 0.3) is 0 Å². The summed E-state index contributed by atoms with van der Waals surface area (Å²) in [5.41, 5.74) is -0.432. The molecular weight excluding hydrogens is 317 g/mol. The maximum Gasteiger partial charge on any atom is 0.416 e. The van der Waals surface area contributed by atoms with Crippen LogP contribution in [-0.2, 0) is 17.4 Å². The Bertz CT molecular complexity index is 458. The van der Waals surface area contributed by atoms with E-state index in [0.29, 0.717) is 5.56 Å². The molecule has 7 heteroatoms. The van der Waals surface area contributed by atoms with Gasteiger partial charge in [-0.15, -0.1) is 0 Å². The van der Waals surface area contributed by atoms with Crippen LogP contribution in [0.4, 0.5) is 13.2 Å². The molecule has 0 fully saturated rings. The first kappa shape index (κ1) is 14.8. The number of rotatable bonds is 4. The van der Waals surface area contributed by atoms with Crippen molar-refractivity contribution in [1.82, 2.24) is 0 Å². The number of halogens is 4. The quantitative estimate of drug-likeness (QED) is 0.921. The standard InChI is InChI=1S/C11H10BrF3O3/c1-18-9-5-6(11(13,14)15)4-8(12)7(9)2-3-10(16)17/h4-5H,2-3H2,1H3,(H,16,17). The van der Waals surface area contributed by atoms with Gasteiger partial charge in [-0.1, -0.05) is 15.9 Å². The smallest absolute Gasteiger partial charge is 0.416 e. The molecule has 0 unspecified atom stereocenters. The van der Waals surface area contributed by atoms with Gasteiger partial charge in [-0.2, -0.15) is 13.2 Å². The van der Waals surface area contributed by atoms with Crippen LogP contribution in [0, 0.1) is 0 Å². The van der Waals surface area contributed by atoms with Gasteiger partial charge in [-0.05, 0) is 18.6 Å². The van der Waals surface area contributed by atoms with Crippen molar-refractivity contribution in [3.05, 3.63) is 27.7 Å². The highest BCUT2D eigenvalue weighted by atomic mass is 79.9. The van der Waals surface area contributed by atoms with E-state index in [0.717, 1.165) is 12.1 Å². The van der Waals surface area contributed by atoms with Crippen molar-refractivity contribution in [3.63, 3.8) is 0 Å². The summed E-state index contributed by atoms with van der Waals surface area (Å²) in [6, 6.07) is 1.78. The lowest BCUT2D eigenvalue weighted by atomic mass is 10.1. The predicted molar refractivity (Wildman–Crippen MR) is 61.7 cm³/mol. The minimum absolute atomic E-state index is 0.0259. The van der Waals surface area contributed by atoms with Crippen LogP contribution in [0.5, 0.6) is 5.75 Å². The number of aliphatic carboxylic acids is 1. The highest BCUT2D eigenvalue weighted by molar-refractivity contribution is 9.10. The molecule has 0 radical (unpaired) electrons. The Hall–Kier alpha value is -1.24. The van der Waals surface area contributed by atoms with E-state index in [-0.39, 0.29) is 23.1 Å². The van der Waals surface area contributed by atoms with Gasteiger partial charge < -0.3 is 9.84 Å². The van der Waals surface area contributed by atoms with E-state index >= 15 is 0 Å². The molecule has 0 bridgehead atoms. The van der Waals surface area contributed by atoms with Gasteiger partial charge in [-0.25, -0.2) is 0 Å². The van der Waals surface area contributed by atoms with E-state index in [1.54, 1.807) is 0 Å². The molecule has 1 aromatic rings. The molecule has 0 saturated carbocycles. The normalized spacial score (nSPS) is 11.4. The van der Waals surface area contributed by atoms with E-state index in [2.05, 4.69) is 15.9 Å². The molecule has 1 rings (SSSR count).